The number of benzene rings is 2. The average Bonchev–Trinajstić information content (AvgIpc) is 3.24. The summed E-state index contributed by atoms with van der Waals surface area (Å²) in [4.78, 5) is 76.0. The number of nitrogens with zero attached hydrogens (tertiary/aromatic N) is 5. The molecular formula is C46H63N7O8S2. The fourth-order valence-electron chi connectivity index (χ4n) is 7.62. The summed E-state index contributed by atoms with van der Waals surface area (Å²) >= 11 is 8.56. The fourth-order valence-corrected chi connectivity index (χ4v) is 8.07. The van der Waals surface area contributed by atoms with E-state index in [2.05, 4.69) is 45.9 Å². The van der Waals surface area contributed by atoms with Gasteiger partial charge in [0.2, 0.25) is 11.8 Å². The zero-order valence-corrected chi connectivity index (χ0v) is 37.8. The Labute approximate surface area is 380 Å². The van der Waals surface area contributed by atoms with Crippen LogP contribution in [-0.2, 0) is 36.8 Å². The van der Waals surface area contributed by atoms with Gasteiger partial charge in [-0.2, -0.15) is 25.3 Å². The zero-order chi connectivity index (χ0) is 45.4. The summed E-state index contributed by atoms with van der Waals surface area (Å²) in [6.07, 6.45) is 16.2. The first-order valence-electron chi connectivity index (χ1n) is 21.8. The van der Waals surface area contributed by atoms with Crippen molar-refractivity contribution in [2.45, 2.75) is 77.0 Å². The molecule has 0 fully saturated rings. The standard InChI is InChI=1S/C46H63N7O8S2/c54-40(49-38-19-17-34(13-7-3-1-5-9-27-62)45-36(38)15-11-21-47-45)29-52(32-43(58)59)25-23-51(31-42(56)57)24-26-53(33-44(60)61)30-41(55)50-39-20-18-35(14-8-4-2-6-10-28-63)46-37(39)16-12-22-48-46/h11-12,15-22,62-63H,1-10,13-14,23-33H2,(H,49,54)(H,50,55)(H,56,57)(H,58,59)(H,60,61). The molecule has 0 atom stereocenters. The molecular weight excluding hydrogens is 843 g/mol. The third-order valence-electron chi connectivity index (χ3n) is 10.7. The normalized spacial score (nSPS) is 11.5. The summed E-state index contributed by atoms with van der Waals surface area (Å²) in [5.74, 6) is -2.58. The van der Waals surface area contributed by atoms with Gasteiger partial charge < -0.3 is 26.0 Å². The molecule has 0 bridgehead atoms. The summed E-state index contributed by atoms with van der Waals surface area (Å²) < 4.78 is 0. The smallest absolute Gasteiger partial charge is 0.317 e. The molecule has 0 radical (unpaired) electrons. The second-order valence-corrected chi connectivity index (χ2v) is 16.7. The van der Waals surface area contributed by atoms with Gasteiger partial charge in [0.1, 0.15) is 0 Å². The Morgan fingerprint density at radius 1 is 0.476 bits per heavy atom. The largest absolute Gasteiger partial charge is 0.480 e. The van der Waals surface area contributed by atoms with E-state index in [1.165, 1.54) is 14.7 Å². The van der Waals surface area contributed by atoms with Crippen LogP contribution in [0.2, 0.25) is 0 Å². The predicted octanol–water partition coefficient (Wildman–Crippen LogP) is 6.37. The number of aromatic nitrogens is 2. The monoisotopic (exact) mass is 905 g/mol. The minimum absolute atomic E-state index is 0.0226. The van der Waals surface area contributed by atoms with Crippen LogP contribution in [0, 0.1) is 0 Å². The van der Waals surface area contributed by atoms with Crippen molar-refractivity contribution in [3.63, 3.8) is 0 Å². The maximum atomic E-state index is 13.4. The number of carbonyl (C=O) groups excluding carboxylic acids is 2. The molecule has 15 nitrogen and oxygen atoms in total. The number of hydrogen-bond acceptors (Lipinski definition) is 12. The van der Waals surface area contributed by atoms with E-state index in [-0.39, 0.29) is 39.3 Å². The van der Waals surface area contributed by atoms with Crippen molar-refractivity contribution in [1.82, 2.24) is 24.7 Å². The van der Waals surface area contributed by atoms with E-state index in [4.69, 9.17) is 0 Å². The van der Waals surface area contributed by atoms with Crippen LogP contribution in [-0.4, -0.2) is 140 Å². The van der Waals surface area contributed by atoms with Gasteiger partial charge in [-0.05, 0) is 97.6 Å². The number of nitrogens with one attached hydrogen (secondary N) is 2. The van der Waals surface area contributed by atoms with E-state index in [9.17, 15) is 39.3 Å². The van der Waals surface area contributed by atoms with Crippen LogP contribution in [0.1, 0.15) is 75.3 Å². The minimum atomic E-state index is -1.16. The topological polar surface area (TPSA) is 206 Å². The highest BCUT2D eigenvalue weighted by molar-refractivity contribution is 7.80. The number of unbranched alkanes of at least 4 members (excludes halogenated alkanes) is 8. The molecule has 4 aromatic rings. The second kappa shape index (κ2) is 28.1. The second-order valence-electron chi connectivity index (χ2n) is 15.8. The first kappa shape index (κ1) is 50.8. The van der Waals surface area contributed by atoms with Gasteiger partial charge in [-0.1, -0.05) is 50.7 Å². The van der Waals surface area contributed by atoms with Gasteiger partial charge in [0.05, 0.1) is 55.1 Å². The van der Waals surface area contributed by atoms with E-state index in [0.717, 1.165) is 121 Å². The summed E-state index contributed by atoms with van der Waals surface area (Å²) in [6, 6.07) is 15.0. The Morgan fingerprint density at radius 3 is 1.24 bits per heavy atom. The third kappa shape index (κ3) is 18.4. The molecule has 342 valence electrons. The van der Waals surface area contributed by atoms with Crippen LogP contribution in [0.5, 0.6) is 0 Å². The molecule has 0 aliphatic rings. The molecule has 0 aliphatic carbocycles. The first-order chi connectivity index (χ1) is 30.5. The Morgan fingerprint density at radius 2 is 0.841 bits per heavy atom. The van der Waals surface area contributed by atoms with Gasteiger partial charge in [-0.3, -0.25) is 48.6 Å². The minimum Gasteiger partial charge on any atom is -0.480 e. The van der Waals surface area contributed by atoms with Crippen molar-refractivity contribution in [1.29, 1.82) is 0 Å². The lowest BCUT2D eigenvalue weighted by Crippen LogP contribution is -2.46. The van der Waals surface area contributed by atoms with E-state index < -0.39 is 49.4 Å². The number of carboxylic acid groups (broad SMARTS) is 3. The van der Waals surface area contributed by atoms with E-state index in [1.54, 1.807) is 24.5 Å². The Hall–Kier alpha value is -4.81. The number of aliphatic carboxylic acids is 3. The molecule has 0 saturated carbocycles. The van der Waals surface area contributed by atoms with Crippen molar-refractivity contribution in [2.75, 3.05) is 81.0 Å². The molecule has 0 unspecified atom stereocenters. The van der Waals surface area contributed by atoms with E-state index >= 15 is 0 Å². The van der Waals surface area contributed by atoms with Crippen LogP contribution in [0.15, 0.2) is 60.9 Å². The summed E-state index contributed by atoms with van der Waals surface area (Å²) in [7, 11) is 0. The number of hydrogen-bond donors (Lipinski definition) is 7. The highest BCUT2D eigenvalue weighted by Crippen LogP contribution is 2.28. The van der Waals surface area contributed by atoms with Gasteiger partial charge in [0.15, 0.2) is 0 Å². The van der Waals surface area contributed by atoms with Crippen molar-refractivity contribution < 1.29 is 39.3 Å². The number of amides is 2. The number of carbonyl (C=O) groups is 5. The number of rotatable bonds is 32. The molecule has 2 aromatic carbocycles. The van der Waals surface area contributed by atoms with Crippen LogP contribution in [0.3, 0.4) is 0 Å². The quantitative estimate of drug-likeness (QED) is 0.0211. The van der Waals surface area contributed by atoms with Crippen LogP contribution in [0.25, 0.3) is 21.8 Å². The van der Waals surface area contributed by atoms with Crippen molar-refractivity contribution in [2.24, 2.45) is 0 Å². The number of fused-ring (bicyclic) bond motifs is 2. The summed E-state index contributed by atoms with van der Waals surface area (Å²) in [5, 5.41) is 36.5. The van der Waals surface area contributed by atoms with Gasteiger partial charge in [-0.25, -0.2) is 0 Å². The van der Waals surface area contributed by atoms with Crippen LogP contribution < -0.4 is 10.6 Å². The SMILES string of the molecule is O=C(O)CN(CCN(CC(=O)O)CC(=O)Nc1ccc(CCCCCCCS)c2ncccc12)CCN(CC(=O)O)CC(=O)Nc1ccc(CCCCCCCS)c2ncccc12. The van der Waals surface area contributed by atoms with E-state index in [0.29, 0.717) is 11.4 Å². The third-order valence-corrected chi connectivity index (χ3v) is 11.4. The molecule has 5 N–H and O–H groups in total. The van der Waals surface area contributed by atoms with Crippen LogP contribution >= 0.6 is 25.3 Å². The molecule has 4 rings (SSSR count). The van der Waals surface area contributed by atoms with Gasteiger partial charge >= 0.3 is 17.9 Å². The maximum absolute atomic E-state index is 13.4. The molecule has 63 heavy (non-hydrogen) atoms. The molecule has 2 heterocycles. The number of aryl methyl sites for hydroxylation is 2. The lowest BCUT2D eigenvalue weighted by molar-refractivity contribution is -0.140. The van der Waals surface area contributed by atoms with Crippen molar-refractivity contribution in [3.05, 3.63) is 72.1 Å². The molecule has 17 heteroatoms. The number of pyridine rings is 2. The molecule has 2 aromatic heterocycles. The lowest BCUT2D eigenvalue weighted by atomic mass is 10.0. The first-order valence-corrected chi connectivity index (χ1v) is 23.1. The van der Waals surface area contributed by atoms with Crippen LogP contribution in [0.4, 0.5) is 11.4 Å². The fraction of sp³-hybridized carbons (Fsp3) is 0.500. The molecule has 0 aliphatic heterocycles. The van der Waals surface area contributed by atoms with Crippen molar-refractivity contribution >= 4 is 88.2 Å². The van der Waals surface area contributed by atoms with Gasteiger partial charge in [0, 0.05) is 49.3 Å². The predicted molar refractivity (Wildman–Crippen MR) is 254 cm³/mol. The number of carboxylic acids is 3. The zero-order valence-electron chi connectivity index (χ0n) is 36.1. The summed E-state index contributed by atoms with van der Waals surface area (Å²) in [5.41, 5.74) is 4.86. The molecule has 0 saturated heterocycles. The Balaban J connectivity index is 1.36. The molecule has 2 amide bonds. The maximum Gasteiger partial charge on any atom is 0.317 e. The highest BCUT2D eigenvalue weighted by atomic mass is 32.1. The molecule has 0 spiro atoms. The number of anilines is 2. The Kier molecular flexibility index (Phi) is 22.7. The average molecular weight is 906 g/mol. The Bertz CT molecular complexity index is 1970. The highest BCUT2D eigenvalue weighted by Gasteiger charge is 2.21. The summed E-state index contributed by atoms with van der Waals surface area (Å²) in [6.45, 7) is -1.79. The van der Waals surface area contributed by atoms with Gasteiger partial charge in [0.25, 0.3) is 0 Å². The van der Waals surface area contributed by atoms with Crippen molar-refractivity contribution in [3.8, 4) is 0 Å². The van der Waals surface area contributed by atoms with Gasteiger partial charge in [-0.15, -0.1) is 0 Å². The van der Waals surface area contributed by atoms with E-state index in [1.807, 2.05) is 36.4 Å². The lowest BCUT2D eigenvalue weighted by Gasteiger charge is -2.28. The number of thiol groups is 2.